The fraction of sp³-hybridized carbons (Fsp3) is 0.893. The maximum atomic E-state index is 13.1. The molecule has 0 aromatic rings. The molecule has 0 aromatic carbocycles. The predicted octanol–water partition coefficient (Wildman–Crippen LogP) is -0.214. The summed E-state index contributed by atoms with van der Waals surface area (Å²) in [7, 11) is 0. The third-order valence-electron chi connectivity index (χ3n) is 8.01. The van der Waals surface area contributed by atoms with Crippen LogP contribution in [-0.2, 0) is 42.8 Å². The van der Waals surface area contributed by atoms with E-state index in [-0.39, 0.29) is 12.3 Å². The van der Waals surface area contributed by atoms with Gasteiger partial charge in [0.1, 0.15) is 31.0 Å². The van der Waals surface area contributed by atoms with Gasteiger partial charge in [-0.15, -0.1) is 0 Å². The molecule has 2 fully saturated rings. The maximum Gasteiger partial charge on any atom is 0.309 e. The second-order valence-corrected chi connectivity index (χ2v) is 11.2. The summed E-state index contributed by atoms with van der Waals surface area (Å²) in [6, 6.07) is 0. The van der Waals surface area contributed by atoms with E-state index >= 15 is 0 Å². The van der Waals surface area contributed by atoms with Crippen LogP contribution in [-0.4, -0.2) is 118 Å². The summed E-state index contributed by atoms with van der Waals surface area (Å²) in [6.07, 6.45) is -11.3. The van der Waals surface area contributed by atoms with Crippen LogP contribution in [0.5, 0.6) is 0 Å². The first-order chi connectivity index (χ1) is 19.8. The zero-order valence-electron chi connectivity index (χ0n) is 25.2. The molecule has 0 amide bonds. The second kappa shape index (κ2) is 16.2. The Morgan fingerprint density at radius 1 is 0.786 bits per heavy atom. The van der Waals surface area contributed by atoms with E-state index in [0.29, 0.717) is 19.3 Å². The molecular formula is C28H48O14. The highest BCUT2D eigenvalue weighted by Gasteiger charge is 2.60. The lowest BCUT2D eigenvalue weighted by Crippen LogP contribution is -2.65. The van der Waals surface area contributed by atoms with Gasteiger partial charge in [-0.25, -0.2) is 0 Å². The number of carbonyl (C=O) groups is 3. The van der Waals surface area contributed by atoms with Crippen molar-refractivity contribution >= 4 is 17.9 Å². The van der Waals surface area contributed by atoms with Gasteiger partial charge in [-0.3, -0.25) is 14.4 Å². The first-order valence-electron chi connectivity index (χ1n) is 14.6. The zero-order valence-corrected chi connectivity index (χ0v) is 25.2. The van der Waals surface area contributed by atoms with Gasteiger partial charge in [0.2, 0.25) is 12.1 Å². The Balaban J connectivity index is 2.60. The monoisotopic (exact) mass is 608 g/mol. The van der Waals surface area contributed by atoms with Crippen molar-refractivity contribution in [2.45, 2.75) is 122 Å². The highest BCUT2D eigenvalue weighted by molar-refractivity contribution is 5.73. The van der Waals surface area contributed by atoms with Crippen LogP contribution in [0.25, 0.3) is 0 Å². The molecular weight excluding hydrogens is 560 g/mol. The van der Waals surface area contributed by atoms with E-state index in [0.717, 1.165) is 0 Å². The van der Waals surface area contributed by atoms with Crippen LogP contribution in [0.2, 0.25) is 0 Å². The number of rotatable bonds is 15. The topological polar surface area (TPSA) is 208 Å². The highest BCUT2D eigenvalue weighted by atomic mass is 16.8. The summed E-state index contributed by atoms with van der Waals surface area (Å²) in [5, 5.41) is 51.1. The smallest absolute Gasteiger partial charge is 0.309 e. The second-order valence-electron chi connectivity index (χ2n) is 11.2. The van der Waals surface area contributed by atoms with Crippen LogP contribution in [0.4, 0.5) is 0 Å². The molecule has 2 heterocycles. The Hall–Kier alpha value is -1.91. The number of ether oxygens (including phenoxy) is 6. The number of hydrogen-bond acceptors (Lipinski definition) is 14. The molecule has 12 atom stereocenters. The minimum Gasteiger partial charge on any atom is -0.455 e. The van der Waals surface area contributed by atoms with Crippen molar-refractivity contribution in [3.8, 4) is 0 Å². The van der Waals surface area contributed by atoms with Gasteiger partial charge in [0.05, 0.1) is 25.0 Å². The third-order valence-corrected chi connectivity index (χ3v) is 8.01. The molecule has 14 nitrogen and oxygen atoms in total. The highest BCUT2D eigenvalue weighted by Crippen LogP contribution is 2.38. The lowest BCUT2D eigenvalue weighted by atomic mass is 9.96. The standard InChI is InChI=1S/C28H48O14/c1-7-14(4)10-19(32)38-22-21(39-25(35)15(5)8-2)18(12-30)37-27(23(22)40-26(36)16(6)9-3)42-28(13-31)24(34)20(33)17(11-29)41-28/h14-18,20-24,27,29-31,33-34H,7-13H2,1-6H3/t14?,15?,16?,17-,18-,20-,21-,22+,23-,24+,27-,28+/m1/s1. The average molecular weight is 609 g/mol. The van der Waals surface area contributed by atoms with E-state index in [2.05, 4.69) is 0 Å². The molecule has 2 rings (SSSR count). The van der Waals surface area contributed by atoms with E-state index in [4.69, 9.17) is 28.4 Å². The van der Waals surface area contributed by atoms with Crippen LogP contribution in [0.3, 0.4) is 0 Å². The summed E-state index contributed by atoms with van der Waals surface area (Å²) in [5.74, 6) is -5.75. The van der Waals surface area contributed by atoms with E-state index in [9.17, 15) is 39.9 Å². The van der Waals surface area contributed by atoms with Crippen molar-refractivity contribution in [2.24, 2.45) is 17.8 Å². The Morgan fingerprint density at radius 3 is 1.79 bits per heavy atom. The Labute approximate surface area is 246 Å². The van der Waals surface area contributed by atoms with Crippen LogP contribution in [0, 0.1) is 17.8 Å². The van der Waals surface area contributed by atoms with Gasteiger partial charge in [-0.05, 0) is 18.8 Å². The number of carbonyl (C=O) groups excluding carboxylic acids is 3. The lowest BCUT2D eigenvalue weighted by Gasteiger charge is -2.46. The van der Waals surface area contributed by atoms with Crippen LogP contribution in [0.1, 0.15) is 67.2 Å². The van der Waals surface area contributed by atoms with Crippen LogP contribution in [0.15, 0.2) is 0 Å². The molecule has 0 aliphatic carbocycles. The molecule has 0 radical (unpaired) electrons. The normalized spacial score (nSPS) is 35.2. The molecule has 244 valence electrons. The molecule has 5 N–H and O–H groups in total. The number of aliphatic hydroxyl groups excluding tert-OH is 5. The van der Waals surface area contributed by atoms with Gasteiger partial charge >= 0.3 is 17.9 Å². The summed E-state index contributed by atoms with van der Waals surface area (Å²) in [6.45, 7) is 7.94. The fourth-order valence-electron chi connectivity index (χ4n) is 4.45. The molecule has 0 aromatic heterocycles. The van der Waals surface area contributed by atoms with Crippen molar-refractivity contribution in [3.63, 3.8) is 0 Å². The summed E-state index contributed by atoms with van der Waals surface area (Å²) >= 11 is 0. The van der Waals surface area contributed by atoms with E-state index < -0.39 is 104 Å². The maximum absolute atomic E-state index is 13.1. The van der Waals surface area contributed by atoms with E-state index in [1.807, 2.05) is 13.8 Å². The fourth-order valence-corrected chi connectivity index (χ4v) is 4.45. The van der Waals surface area contributed by atoms with Crippen molar-refractivity contribution in [1.82, 2.24) is 0 Å². The minimum atomic E-state index is -2.37. The van der Waals surface area contributed by atoms with Gasteiger partial charge in [0.15, 0.2) is 18.3 Å². The van der Waals surface area contributed by atoms with Crippen LogP contribution >= 0.6 is 0 Å². The predicted molar refractivity (Wildman–Crippen MR) is 143 cm³/mol. The van der Waals surface area contributed by atoms with Gasteiger partial charge in [0.25, 0.3) is 0 Å². The van der Waals surface area contributed by atoms with Gasteiger partial charge in [-0.2, -0.15) is 0 Å². The van der Waals surface area contributed by atoms with E-state index in [1.54, 1.807) is 27.7 Å². The number of hydrogen-bond donors (Lipinski definition) is 5. The minimum absolute atomic E-state index is 0.0198. The molecule has 2 aliphatic rings. The summed E-state index contributed by atoms with van der Waals surface area (Å²) in [4.78, 5) is 39.0. The number of aliphatic hydroxyl groups is 5. The number of esters is 3. The molecule has 0 bridgehead atoms. The Morgan fingerprint density at radius 2 is 1.33 bits per heavy atom. The van der Waals surface area contributed by atoms with Gasteiger partial charge in [0, 0.05) is 6.42 Å². The Kier molecular flexibility index (Phi) is 14.0. The van der Waals surface area contributed by atoms with Crippen molar-refractivity contribution in [2.75, 3.05) is 19.8 Å². The molecule has 2 saturated heterocycles. The summed E-state index contributed by atoms with van der Waals surface area (Å²) in [5.41, 5.74) is 0. The SMILES string of the molecule is CCC(C)CC(=O)O[C@@H]1[C@@H](OC(=O)C(C)CC)[C@@H](O[C@]2(CO)O[C@H](CO)[C@@H](O)[C@@H]2O)O[C@H](CO)[C@H]1OC(=O)C(C)CC. The van der Waals surface area contributed by atoms with Crippen molar-refractivity contribution in [3.05, 3.63) is 0 Å². The zero-order chi connectivity index (χ0) is 31.8. The molecule has 42 heavy (non-hydrogen) atoms. The molecule has 0 saturated carbocycles. The molecule has 3 unspecified atom stereocenters. The lowest BCUT2D eigenvalue weighted by molar-refractivity contribution is -0.384. The van der Waals surface area contributed by atoms with Gasteiger partial charge in [-0.1, -0.05) is 48.0 Å². The quantitative estimate of drug-likeness (QED) is 0.120. The molecule has 14 heteroatoms. The van der Waals surface area contributed by atoms with E-state index in [1.165, 1.54) is 0 Å². The first-order valence-corrected chi connectivity index (χ1v) is 14.6. The van der Waals surface area contributed by atoms with Crippen molar-refractivity contribution < 1.29 is 68.3 Å². The van der Waals surface area contributed by atoms with Crippen LogP contribution < -0.4 is 0 Å². The average Bonchev–Trinajstić information content (AvgIpc) is 3.23. The van der Waals surface area contributed by atoms with Crippen molar-refractivity contribution in [1.29, 1.82) is 0 Å². The Bertz CT molecular complexity index is 885. The largest absolute Gasteiger partial charge is 0.455 e. The first kappa shape index (κ1) is 36.3. The van der Waals surface area contributed by atoms with Gasteiger partial charge < -0.3 is 54.0 Å². The molecule has 0 spiro atoms. The molecule has 2 aliphatic heterocycles. The summed E-state index contributed by atoms with van der Waals surface area (Å²) < 4.78 is 34.4. The third kappa shape index (κ3) is 8.38.